The molecule has 0 fully saturated rings. The Bertz CT molecular complexity index is 482. The van der Waals surface area contributed by atoms with Gasteiger partial charge in [-0.25, -0.2) is 0 Å². The molecule has 1 amide bonds. The Labute approximate surface area is 112 Å². The molecule has 1 aromatic rings. The molecule has 0 spiro atoms. The van der Waals surface area contributed by atoms with Crippen LogP contribution in [0.25, 0.3) is 0 Å². The van der Waals surface area contributed by atoms with Crippen LogP contribution in [0.5, 0.6) is 0 Å². The van der Waals surface area contributed by atoms with Gasteiger partial charge < -0.3 is 10.4 Å². The average Bonchev–Trinajstić information content (AvgIpc) is 2.25. The number of aliphatic hydroxyl groups is 1. The molecule has 7 heteroatoms. The van der Waals surface area contributed by atoms with Gasteiger partial charge in [-0.05, 0) is 35.8 Å². The number of non-ortho nitro benzene ring substituents is 1. The summed E-state index contributed by atoms with van der Waals surface area (Å²) >= 11 is 3.15. The Morgan fingerprint density at radius 2 is 2.17 bits per heavy atom. The van der Waals surface area contributed by atoms with Crippen molar-refractivity contribution in [2.45, 2.75) is 19.4 Å². The van der Waals surface area contributed by atoms with Gasteiger partial charge in [-0.2, -0.15) is 0 Å². The maximum Gasteiger partial charge on any atom is 0.270 e. The Balaban J connectivity index is 2.91. The van der Waals surface area contributed by atoms with E-state index in [9.17, 15) is 20.0 Å². The molecule has 0 unspecified atom stereocenters. The topological polar surface area (TPSA) is 92.5 Å². The molecule has 0 radical (unpaired) electrons. The SMILES string of the molecule is CC(C)(O)CNC(=O)c1cc([N+](=O)[O-])ccc1Br. The quantitative estimate of drug-likeness (QED) is 0.655. The third kappa shape index (κ3) is 4.08. The molecule has 0 aromatic heterocycles. The van der Waals surface area contributed by atoms with E-state index < -0.39 is 16.4 Å². The van der Waals surface area contributed by atoms with Crippen LogP contribution >= 0.6 is 15.9 Å². The lowest BCUT2D eigenvalue weighted by molar-refractivity contribution is -0.384. The van der Waals surface area contributed by atoms with Crippen LogP contribution in [0.15, 0.2) is 22.7 Å². The van der Waals surface area contributed by atoms with Crippen LogP contribution in [0.3, 0.4) is 0 Å². The third-order valence-corrected chi connectivity index (χ3v) is 2.78. The largest absolute Gasteiger partial charge is 0.389 e. The second-order valence-electron chi connectivity index (χ2n) is 4.42. The fraction of sp³-hybridized carbons (Fsp3) is 0.364. The van der Waals surface area contributed by atoms with E-state index >= 15 is 0 Å². The lowest BCUT2D eigenvalue weighted by atomic mass is 10.1. The number of hydrogen-bond donors (Lipinski definition) is 2. The molecule has 0 aliphatic carbocycles. The van der Waals surface area contributed by atoms with Crippen LogP contribution in [0.2, 0.25) is 0 Å². The summed E-state index contributed by atoms with van der Waals surface area (Å²) in [5.74, 6) is -0.479. The summed E-state index contributed by atoms with van der Waals surface area (Å²) in [6.07, 6.45) is 0. The van der Waals surface area contributed by atoms with Crippen molar-refractivity contribution >= 4 is 27.5 Å². The van der Waals surface area contributed by atoms with Crippen molar-refractivity contribution in [1.29, 1.82) is 0 Å². The minimum Gasteiger partial charge on any atom is -0.389 e. The number of carbonyl (C=O) groups is 1. The van der Waals surface area contributed by atoms with Gasteiger partial charge in [0, 0.05) is 23.2 Å². The number of halogens is 1. The predicted octanol–water partition coefficient (Wildman–Crippen LogP) is 1.86. The third-order valence-electron chi connectivity index (χ3n) is 2.09. The van der Waals surface area contributed by atoms with Gasteiger partial charge in [0.15, 0.2) is 0 Å². The molecule has 98 valence electrons. The van der Waals surface area contributed by atoms with Crippen LogP contribution in [-0.4, -0.2) is 28.1 Å². The number of benzene rings is 1. The first-order chi connectivity index (χ1) is 8.20. The Morgan fingerprint density at radius 3 is 2.67 bits per heavy atom. The Morgan fingerprint density at radius 1 is 1.56 bits per heavy atom. The summed E-state index contributed by atoms with van der Waals surface area (Å²) in [5, 5.41) is 22.6. The van der Waals surface area contributed by atoms with E-state index in [1.807, 2.05) is 0 Å². The lowest BCUT2D eigenvalue weighted by Gasteiger charge is -2.17. The zero-order valence-corrected chi connectivity index (χ0v) is 11.5. The number of amides is 1. The van der Waals surface area contributed by atoms with Crippen molar-refractivity contribution in [1.82, 2.24) is 5.32 Å². The second kappa shape index (κ2) is 5.45. The van der Waals surface area contributed by atoms with Crippen molar-refractivity contribution < 1.29 is 14.8 Å². The first-order valence-electron chi connectivity index (χ1n) is 5.15. The molecule has 0 atom stereocenters. The van der Waals surface area contributed by atoms with Gasteiger partial charge in [0.1, 0.15) is 0 Å². The highest BCUT2D eigenvalue weighted by molar-refractivity contribution is 9.10. The summed E-state index contributed by atoms with van der Waals surface area (Å²) in [6, 6.07) is 3.93. The number of hydrogen-bond acceptors (Lipinski definition) is 4. The standard InChI is InChI=1S/C11H13BrN2O4/c1-11(2,16)6-13-10(15)8-5-7(14(17)18)3-4-9(8)12/h3-5,16H,6H2,1-2H3,(H,13,15). The Hall–Kier alpha value is -1.47. The van der Waals surface area contributed by atoms with Crippen LogP contribution in [0.1, 0.15) is 24.2 Å². The van der Waals surface area contributed by atoms with Crippen LogP contribution < -0.4 is 5.32 Å². The first-order valence-corrected chi connectivity index (χ1v) is 5.94. The number of carbonyl (C=O) groups excluding carboxylic acids is 1. The molecule has 0 aliphatic rings. The van der Waals surface area contributed by atoms with Crippen molar-refractivity contribution in [3.8, 4) is 0 Å². The molecule has 1 rings (SSSR count). The number of nitrogens with one attached hydrogen (secondary N) is 1. The van der Waals surface area contributed by atoms with Gasteiger partial charge in [0.2, 0.25) is 0 Å². The maximum absolute atomic E-state index is 11.8. The highest BCUT2D eigenvalue weighted by Crippen LogP contribution is 2.22. The number of rotatable bonds is 4. The second-order valence-corrected chi connectivity index (χ2v) is 5.27. The normalized spacial score (nSPS) is 11.1. The number of nitro groups is 1. The monoisotopic (exact) mass is 316 g/mol. The molecule has 0 saturated heterocycles. The molecule has 6 nitrogen and oxygen atoms in total. The van der Waals surface area contributed by atoms with Gasteiger partial charge in [-0.3, -0.25) is 14.9 Å². The number of nitrogens with zero attached hydrogens (tertiary/aromatic N) is 1. The first kappa shape index (κ1) is 14.6. The summed E-state index contributed by atoms with van der Waals surface area (Å²) in [5.41, 5.74) is -1.04. The van der Waals surface area contributed by atoms with E-state index in [4.69, 9.17) is 0 Å². The van der Waals surface area contributed by atoms with Crippen LogP contribution in [0.4, 0.5) is 5.69 Å². The van der Waals surface area contributed by atoms with E-state index in [1.54, 1.807) is 13.8 Å². The van der Waals surface area contributed by atoms with Gasteiger partial charge in [-0.15, -0.1) is 0 Å². The van der Waals surface area contributed by atoms with Gasteiger partial charge in [0.05, 0.1) is 16.1 Å². The van der Waals surface area contributed by atoms with E-state index in [0.29, 0.717) is 4.47 Å². The molecular formula is C11H13BrN2O4. The smallest absolute Gasteiger partial charge is 0.270 e. The highest BCUT2D eigenvalue weighted by Gasteiger charge is 2.18. The highest BCUT2D eigenvalue weighted by atomic mass is 79.9. The lowest BCUT2D eigenvalue weighted by Crippen LogP contribution is -2.38. The van der Waals surface area contributed by atoms with Crippen molar-refractivity contribution in [3.63, 3.8) is 0 Å². The van der Waals surface area contributed by atoms with Crippen molar-refractivity contribution in [2.24, 2.45) is 0 Å². The minimum atomic E-state index is -1.04. The fourth-order valence-corrected chi connectivity index (χ4v) is 1.62. The zero-order valence-electron chi connectivity index (χ0n) is 9.94. The summed E-state index contributed by atoms with van der Waals surface area (Å²) in [7, 11) is 0. The van der Waals surface area contributed by atoms with Crippen LogP contribution in [-0.2, 0) is 0 Å². The van der Waals surface area contributed by atoms with E-state index in [0.717, 1.165) is 0 Å². The molecule has 18 heavy (non-hydrogen) atoms. The van der Waals surface area contributed by atoms with Crippen LogP contribution in [0, 0.1) is 10.1 Å². The summed E-state index contributed by atoms with van der Waals surface area (Å²) in [6.45, 7) is 3.16. The summed E-state index contributed by atoms with van der Waals surface area (Å²) < 4.78 is 0.460. The van der Waals surface area contributed by atoms with E-state index in [1.165, 1.54) is 18.2 Å². The van der Waals surface area contributed by atoms with E-state index in [2.05, 4.69) is 21.2 Å². The molecule has 0 aliphatic heterocycles. The molecular weight excluding hydrogens is 304 g/mol. The Kier molecular flexibility index (Phi) is 4.42. The summed E-state index contributed by atoms with van der Waals surface area (Å²) in [4.78, 5) is 21.9. The minimum absolute atomic E-state index is 0.0565. The molecule has 0 bridgehead atoms. The van der Waals surface area contributed by atoms with Gasteiger partial charge >= 0.3 is 0 Å². The molecule has 0 heterocycles. The van der Waals surface area contributed by atoms with Crippen molar-refractivity contribution in [2.75, 3.05) is 6.54 Å². The molecule has 0 saturated carbocycles. The molecule has 2 N–H and O–H groups in total. The zero-order chi connectivity index (χ0) is 13.9. The average molecular weight is 317 g/mol. The maximum atomic E-state index is 11.8. The fourth-order valence-electron chi connectivity index (χ4n) is 1.19. The predicted molar refractivity (Wildman–Crippen MR) is 69.4 cm³/mol. The van der Waals surface area contributed by atoms with Gasteiger partial charge in [0.25, 0.3) is 11.6 Å². The molecule has 1 aromatic carbocycles. The van der Waals surface area contributed by atoms with E-state index in [-0.39, 0.29) is 17.8 Å². The van der Waals surface area contributed by atoms with Crippen molar-refractivity contribution in [3.05, 3.63) is 38.3 Å². The number of nitro benzene ring substituents is 1. The van der Waals surface area contributed by atoms with Gasteiger partial charge in [-0.1, -0.05) is 0 Å².